The van der Waals surface area contributed by atoms with Crippen LogP contribution < -0.4 is 4.74 Å². The van der Waals surface area contributed by atoms with Gasteiger partial charge in [-0.05, 0) is 34.1 Å². The summed E-state index contributed by atoms with van der Waals surface area (Å²) in [5, 5.41) is 8.48. The van der Waals surface area contributed by atoms with E-state index in [9.17, 15) is 4.39 Å². The summed E-state index contributed by atoms with van der Waals surface area (Å²) in [6.07, 6.45) is 0. The van der Waals surface area contributed by atoms with Crippen molar-refractivity contribution >= 4 is 27.3 Å². The van der Waals surface area contributed by atoms with E-state index in [0.29, 0.717) is 3.92 Å². The average molecular weight is 289 g/mol. The van der Waals surface area contributed by atoms with Crippen LogP contribution in [-0.4, -0.2) is 17.3 Å². The maximum atomic E-state index is 13.1. The van der Waals surface area contributed by atoms with Gasteiger partial charge in [0.05, 0.1) is 7.11 Å². The molecule has 0 unspecified atom stereocenters. The Hall–Kier alpha value is -1.01. The monoisotopic (exact) mass is 288 g/mol. The summed E-state index contributed by atoms with van der Waals surface area (Å²) in [5.41, 5.74) is 0.788. The number of nitrogens with zero attached hydrogens (tertiary/aromatic N) is 2. The maximum absolute atomic E-state index is 13.1. The van der Waals surface area contributed by atoms with Crippen molar-refractivity contribution in [2.45, 2.75) is 0 Å². The van der Waals surface area contributed by atoms with Gasteiger partial charge in [-0.3, -0.25) is 0 Å². The third kappa shape index (κ3) is 2.15. The molecule has 0 saturated heterocycles. The highest BCUT2D eigenvalue weighted by atomic mass is 79.9. The van der Waals surface area contributed by atoms with Gasteiger partial charge >= 0.3 is 0 Å². The van der Waals surface area contributed by atoms with E-state index in [-0.39, 0.29) is 11.6 Å². The van der Waals surface area contributed by atoms with Gasteiger partial charge in [0.15, 0.2) is 15.5 Å². The smallest absolute Gasteiger partial charge is 0.183 e. The zero-order valence-electron chi connectivity index (χ0n) is 7.70. The van der Waals surface area contributed by atoms with Gasteiger partial charge in [0, 0.05) is 5.56 Å². The minimum Gasteiger partial charge on any atom is -0.494 e. The Balaban J connectivity index is 2.45. The van der Waals surface area contributed by atoms with Crippen molar-refractivity contribution in [2.75, 3.05) is 7.11 Å². The van der Waals surface area contributed by atoms with Crippen LogP contribution in [-0.2, 0) is 0 Å². The zero-order chi connectivity index (χ0) is 10.8. The molecule has 0 atom stereocenters. The predicted octanol–water partition coefficient (Wildman–Crippen LogP) is 3.12. The molecule has 1 heterocycles. The van der Waals surface area contributed by atoms with Gasteiger partial charge in [-0.25, -0.2) is 4.39 Å². The van der Waals surface area contributed by atoms with Gasteiger partial charge in [-0.15, -0.1) is 10.2 Å². The summed E-state index contributed by atoms with van der Waals surface area (Å²) in [4.78, 5) is 0. The van der Waals surface area contributed by atoms with Crippen LogP contribution in [0.3, 0.4) is 0 Å². The summed E-state index contributed by atoms with van der Waals surface area (Å²) < 4.78 is 18.7. The number of aromatic nitrogens is 2. The third-order valence-electron chi connectivity index (χ3n) is 1.80. The van der Waals surface area contributed by atoms with Gasteiger partial charge < -0.3 is 4.74 Å². The van der Waals surface area contributed by atoms with E-state index in [4.69, 9.17) is 4.74 Å². The molecule has 6 heteroatoms. The highest BCUT2D eigenvalue weighted by Gasteiger charge is 2.08. The van der Waals surface area contributed by atoms with Crippen LogP contribution in [0.15, 0.2) is 22.1 Å². The Kier molecular flexibility index (Phi) is 2.97. The molecular formula is C9H6BrFN2OS. The molecule has 0 aliphatic carbocycles. The molecule has 0 amide bonds. The van der Waals surface area contributed by atoms with Gasteiger partial charge in [0.25, 0.3) is 0 Å². The fourth-order valence-electron chi connectivity index (χ4n) is 1.11. The van der Waals surface area contributed by atoms with E-state index in [1.54, 1.807) is 12.1 Å². The standard InChI is InChI=1S/C9H6BrFN2OS/c1-14-7-4-5(2-3-6(7)11)8-12-13-9(10)15-8/h2-4H,1H3. The Morgan fingerprint density at radius 1 is 1.40 bits per heavy atom. The van der Waals surface area contributed by atoms with Crippen molar-refractivity contribution in [2.24, 2.45) is 0 Å². The lowest BCUT2D eigenvalue weighted by Gasteiger charge is -2.02. The molecule has 0 bridgehead atoms. The van der Waals surface area contributed by atoms with Gasteiger partial charge in [0.1, 0.15) is 5.01 Å². The highest BCUT2D eigenvalue weighted by Crippen LogP contribution is 2.29. The predicted molar refractivity (Wildman–Crippen MR) is 59.6 cm³/mol. The summed E-state index contributed by atoms with van der Waals surface area (Å²) in [6.45, 7) is 0. The third-order valence-corrected chi connectivity index (χ3v) is 3.20. The Bertz CT molecular complexity index is 489. The minimum absolute atomic E-state index is 0.207. The lowest BCUT2D eigenvalue weighted by molar-refractivity contribution is 0.387. The zero-order valence-corrected chi connectivity index (χ0v) is 10.1. The van der Waals surface area contributed by atoms with Gasteiger partial charge in [-0.2, -0.15) is 0 Å². The first-order valence-corrected chi connectivity index (χ1v) is 5.64. The molecule has 0 N–H and O–H groups in total. The number of ether oxygens (including phenoxy) is 1. The van der Waals surface area contributed by atoms with Crippen LogP contribution in [0.5, 0.6) is 5.75 Å². The quantitative estimate of drug-likeness (QED) is 0.852. The van der Waals surface area contributed by atoms with Crippen LogP contribution >= 0.6 is 27.3 Å². The van der Waals surface area contributed by atoms with Crippen molar-refractivity contribution in [3.63, 3.8) is 0 Å². The van der Waals surface area contributed by atoms with Crippen LogP contribution in [0.1, 0.15) is 0 Å². The van der Waals surface area contributed by atoms with E-state index >= 15 is 0 Å². The van der Waals surface area contributed by atoms with E-state index in [2.05, 4.69) is 26.1 Å². The molecule has 3 nitrogen and oxygen atoms in total. The van der Waals surface area contributed by atoms with E-state index < -0.39 is 0 Å². The normalized spacial score (nSPS) is 10.3. The van der Waals surface area contributed by atoms with Crippen LogP contribution in [0, 0.1) is 5.82 Å². The first-order valence-electron chi connectivity index (χ1n) is 4.03. The molecule has 0 spiro atoms. The van der Waals surface area contributed by atoms with Crippen LogP contribution in [0.4, 0.5) is 4.39 Å². The number of rotatable bonds is 2. The summed E-state index contributed by atoms with van der Waals surface area (Å²) >= 11 is 4.60. The number of halogens is 2. The van der Waals surface area contributed by atoms with Crippen molar-refractivity contribution < 1.29 is 9.13 Å². The fraction of sp³-hybridized carbons (Fsp3) is 0.111. The molecule has 1 aromatic heterocycles. The Labute approximate surface area is 98.0 Å². The number of benzene rings is 1. The largest absolute Gasteiger partial charge is 0.494 e. The second-order valence-electron chi connectivity index (χ2n) is 2.71. The molecule has 0 aliphatic heterocycles. The maximum Gasteiger partial charge on any atom is 0.183 e. The van der Waals surface area contributed by atoms with Crippen LogP contribution in [0.25, 0.3) is 10.6 Å². The van der Waals surface area contributed by atoms with Crippen LogP contribution in [0.2, 0.25) is 0 Å². The first kappa shape index (κ1) is 10.5. The van der Waals surface area contributed by atoms with E-state index in [1.165, 1.54) is 24.5 Å². The lowest BCUT2D eigenvalue weighted by Crippen LogP contribution is -1.88. The SMILES string of the molecule is COc1cc(-c2nnc(Br)s2)ccc1F. The average Bonchev–Trinajstić information content (AvgIpc) is 2.66. The fourth-order valence-corrected chi connectivity index (χ4v) is 2.22. The molecule has 0 saturated carbocycles. The van der Waals surface area contributed by atoms with E-state index in [1.807, 2.05) is 0 Å². The lowest BCUT2D eigenvalue weighted by atomic mass is 10.2. The minimum atomic E-state index is -0.384. The highest BCUT2D eigenvalue weighted by molar-refractivity contribution is 9.11. The van der Waals surface area contributed by atoms with Crippen molar-refractivity contribution in [3.8, 4) is 16.3 Å². The van der Waals surface area contributed by atoms with Crippen molar-refractivity contribution in [1.82, 2.24) is 10.2 Å². The summed E-state index contributed by atoms with van der Waals surface area (Å²) in [7, 11) is 1.43. The molecular weight excluding hydrogens is 283 g/mol. The molecule has 0 fully saturated rings. The molecule has 1 aromatic carbocycles. The topological polar surface area (TPSA) is 35.0 Å². The Morgan fingerprint density at radius 2 is 2.20 bits per heavy atom. The number of hydrogen-bond donors (Lipinski definition) is 0. The summed E-state index contributed by atoms with van der Waals surface area (Å²) in [5.74, 6) is -0.177. The van der Waals surface area contributed by atoms with E-state index in [0.717, 1.165) is 10.6 Å². The van der Waals surface area contributed by atoms with Gasteiger partial charge in [0.2, 0.25) is 0 Å². The molecule has 2 rings (SSSR count). The molecule has 0 radical (unpaired) electrons. The Morgan fingerprint density at radius 3 is 2.80 bits per heavy atom. The number of methoxy groups -OCH3 is 1. The molecule has 78 valence electrons. The first-order chi connectivity index (χ1) is 7.20. The van der Waals surface area contributed by atoms with Gasteiger partial charge in [-0.1, -0.05) is 11.3 Å². The molecule has 15 heavy (non-hydrogen) atoms. The second kappa shape index (κ2) is 4.24. The summed E-state index contributed by atoms with van der Waals surface area (Å²) in [6, 6.07) is 4.59. The van der Waals surface area contributed by atoms with Crippen molar-refractivity contribution in [1.29, 1.82) is 0 Å². The van der Waals surface area contributed by atoms with Crippen molar-refractivity contribution in [3.05, 3.63) is 27.9 Å². The molecule has 0 aliphatic rings. The number of hydrogen-bond acceptors (Lipinski definition) is 4. The molecule has 2 aromatic rings. The second-order valence-corrected chi connectivity index (χ2v) is 4.96.